The molecule has 1 fully saturated rings. The summed E-state index contributed by atoms with van der Waals surface area (Å²) in [6.45, 7) is 1.89. The number of hydrogen-bond acceptors (Lipinski definition) is 5. The molecule has 1 saturated heterocycles. The first-order valence-corrected chi connectivity index (χ1v) is 8.25. The molecule has 1 atom stereocenters. The third kappa shape index (κ3) is 3.45. The van der Waals surface area contributed by atoms with Gasteiger partial charge in [-0.25, -0.2) is 0 Å². The van der Waals surface area contributed by atoms with Gasteiger partial charge in [-0.15, -0.1) is 0 Å². The highest BCUT2D eigenvalue weighted by atomic mass is 16.7. The molecule has 2 aromatic rings. The van der Waals surface area contributed by atoms with Crippen molar-refractivity contribution < 1.29 is 23.7 Å². The van der Waals surface area contributed by atoms with Crippen molar-refractivity contribution in [3.8, 4) is 11.5 Å². The molecule has 0 spiro atoms. The van der Waals surface area contributed by atoms with E-state index in [1.165, 1.54) is 0 Å². The molecule has 2 aromatic carbocycles. The third-order valence-electron chi connectivity index (χ3n) is 4.20. The van der Waals surface area contributed by atoms with E-state index < -0.39 is 6.10 Å². The fourth-order valence-corrected chi connectivity index (χ4v) is 2.93. The van der Waals surface area contributed by atoms with E-state index >= 15 is 0 Å². The van der Waals surface area contributed by atoms with Crippen molar-refractivity contribution in [2.75, 3.05) is 31.5 Å². The Morgan fingerprint density at radius 2 is 1.88 bits per heavy atom. The quantitative estimate of drug-likeness (QED) is 0.854. The summed E-state index contributed by atoms with van der Waals surface area (Å²) in [5, 5.41) is 0. The fraction of sp³-hybridized carbons (Fsp3) is 0.316. The molecule has 1 unspecified atom stereocenters. The number of anilines is 1. The van der Waals surface area contributed by atoms with Crippen LogP contribution in [0.2, 0.25) is 0 Å². The standard InChI is InChI=1S/C19H19NO5/c21-19(18-12-22-8-9-23-18)20(15-4-2-1-3-5-15)11-14-6-7-16-17(10-14)25-13-24-16/h1-7,10,18H,8-9,11-13H2. The van der Waals surface area contributed by atoms with Crippen molar-refractivity contribution in [3.63, 3.8) is 0 Å². The number of para-hydroxylation sites is 1. The van der Waals surface area contributed by atoms with Gasteiger partial charge in [0.2, 0.25) is 6.79 Å². The van der Waals surface area contributed by atoms with Crippen LogP contribution in [0.5, 0.6) is 11.5 Å². The fourth-order valence-electron chi connectivity index (χ4n) is 2.93. The minimum Gasteiger partial charge on any atom is -0.454 e. The Morgan fingerprint density at radius 3 is 2.68 bits per heavy atom. The van der Waals surface area contributed by atoms with Crippen LogP contribution < -0.4 is 14.4 Å². The van der Waals surface area contributed by atoms with E-state index in [9.17, 15) is 4.79 Å². The van der Waals surface area contributed by atoms with Gasteiger partial charge in [0.1, 0.15) is 0 Å². The van der Waals surface area contributed by atoms with Crippen LogP contribution in [-0.2, 0) is 20.8 Å². The summed E-state index contributed by atoms with van der Waals surface area (Å²) in [6, 6.07) is 15.3. The van der Waals surface area contributed by atoms with Crippen molar-refractivity contribution in [1.29, 1.82) is 0 Å². The van der Waals surface area contributed by atoms with Gasteiger partial charge >= 0.3 is 0 Å². The van der Waals surface area contributed by atoms with E-state index in [1.807, 2.05) is 48.5 Å². The SMILES string of the molecule is O=C(C1COCCO1)N(Cc1ccc2c(c1)OCO2)c1ccccc1. The number of fused-ring (bicyclic) bond motifs is 1. The van der Waals surface area contributed by atoms with E-state index in [0.29, 0.717) is 25.5 Å². The van der Waals surface area contributed by atoms with Gasteiger partial charge < -0.3 is 23.8 Å². The molecule has 2 aliphatic heterocycles. The van der Waals surface area contributed by atoms with Gasteiger partial charge in [-0.2, -0.15) is 0 Å². The van der Waals surface area contributed by atoms with Gasteiger partial charge in [0.25, 0.3) is 5.91 Å². The summed E-state index contributed by atoms with van der Waals surface area (Å²) >= 11 is 0. The lowest BCUT2D eigenvalue weighted by Crippen LogP contribution is -2.45. The molecular weight excluding hydrogens is 322 g/mol. The number of nitrogens with zero attached hydrogens (tertiary/aromatic N) is 1. The Labute approximate surface area is 145 Å². The molecule has 0 bridgehead atoms. The number of amides is 1. The van der Waals surface area contributed by atoms with Gasteiger partial charge in [0.15, 0.2) is 17.6 Å². The maximum absolute atomic E-state index is 13.0. The summed E-state index contributed by atoms with van der Waals surface area (Å²) in [5.41, 5.74) is 1.78. The number of hydrogen-bond donors (Lipinski definition) is 0. The van der Waals surface area contributed by atoms with Crippen LogP contribution in [0.15, 0.2) is 48.5 Å². The molecule has 6 nitrogen and oxygen atoms in total. The monoisotopic (exact) mass is 341 g/mol. The second kappa shape index (κ2) is 7.13. The van der Waals surface area contributed by atoms with Crippen molar-refractivity contribution in [3.05, 3.63) is 54.1 Å². The van der Waals surface area contributed by atoms with E-state index in [0.717, 1.165) is 17.0 Å². The largest absolute Gasteiger partial charge is 0.454 e. The topological polar surface area (TPSA) is 57.2 Å². The molecule has 130 valence electrons. The average Bonchev–Trinajstić information content (AvgIpc) is 3.15. The van der Waals surface area contributed by atoms with Crippen LogP contribution in [0.1, 0.15) is 5.56 Å². The van der Waals surface area contributed by atoms with Gasteiger partial charge in [-0.1, -0.05) is 24.3 Å². The zero-order valence-corrected chi connectivity index (χ0v) is 13.7. The summed E-state index contributed by atoms with van der Waals surface area (Å²) in [4.78, 5) is 14.7. The molecule has 0 aromatic heterocycles. The van der Waals surface area contributed by atoms with Crippen molar-refractivity contribution in [2.24, 2.45) is 0 Å². The minimum atomic E-state index is -0.581. The highest BCUT2D eigenvalue weighted by Gasteiger charge is 2.29. The van der Waals surface area contributed by atoms with Crippen LogP contribution in [0.4, 0.5) is 5.69 Å². The minimum absolute atomic E-state index is 0.108. The Morgan fingerprint density at radius 1 is 1.04 bits per heavy atom. The predicted molar refractivity (Wildman–Crippen MR) is 90.8 cm³/mol. The lowest BCUT2D eigenvalue weighted by atomic mass is 10.1. The number of benzene rings is 2. The second-order valence-electron chi connectivity index (χ2n) is 5.88. The van der Waals surface area contributed by atoms with E-state index in [2.05, 4.69) is 0 Å². The lowest BCUT2D eigenvalue weighted by molar-refractivity contribution is -0.144. The molecule has 4 rings (SSSR count). The normalized spacial score (nSPS) is 18.8. The summed E-state index contributed by atoms with van der Waals surface area (Å²) < 4.78 is 21.8. The Hall–Kier alpha value is -2.57. The van der Waals surface area contributed by atoms with Crippen LogP contribution >= 0.6 is 0 Å². The summed E-state index contributed by atoms with van der Waals surface area (Å²) in [6.07, 6.45) is -0.581. The van der Waals surface area contributed by atoms with Crippen LogP contribution in [0.25, 0.3) is 0 Å². The molecule has 0 N–H and O–H groups in total. The molecule has 2 aliphatic rings. The summed E-state index contributed by atoms with van der Waals surface area (Å²) in [5.74, 6) is 1.32. The first kappa shape index (κ1) is 15.9. The lowest BCUT2D eigenvalue weighted by Gasteiger charge is -2.29. The van der Waals surface area contributed by atoms with Crippen LogP contribution in [0.3, 0.4) is 0 Å². The van der Waals surface area contributed by atoms with Gasteiger partial charge in [-0.3, -0.25) is 4.79 Å². The first-order chi connectivity index (χ1) is 12.3. The van der Waals surface area contributed by atoms with Gasteiger partial charge in [0, 0.05) is 5.69 Å². The predicted octanol–water partition coefficient (Wildman–Crippen LogP) is 2.36. The highest BCUT2D eigenvalue weighted by Crippen LogP contribution is 2.33. The molecule has 25 heavy (non-hydrogen) atoms. The van der Waals surface area contributed by atoms with Crippen LogP contribution in [-0.4, -0.2) is 38.6 Å². The summed E-state index contributed by atoms with van der Waals surface area (Å²) in [7, 11) is 0. The molecule has 1 amide bonds. The Bertz CT molecular complexity index is 743. The average molecular weight is 341 g/mol. The maximum Gasteiger partial charge on any atom is 0.258 e. The van der Waals surface area contributed by atoms with Crippen molar-refractivity contribution >= 4 is 11.6 Å². The molecule has 2 heterocycles. The third-order valence-corrected chi connectivity index (χ3v) is 4.20. The van der Waals surface area contributed by atoms with Crippen molar-refractivity contribution in [1.82, 2.24) is 0 Å². The zero-order valence-electron chi connectivity index (χ0n) is 13.7. The zero-order chi connectivity index (χ0) is 17.1. The Balaban J connectivity index is 1.60. The molecule has 6 heteroatoms. The van der Waals surface area contributed by atoms with Gasteiger partial charge in [-0.05, 0) is 29.8 Å². The van der Waals surface area contributed by atoms with Crippen molar-refractivity contribution in [2.45, 2.75) is 12.6 Å². The number of rotatable bonds is 4. The number of ether oxygens (including phenoxy) is 4. The maximum atomic E-state index is 13.0. The molecule has 0 saturated carbocycles. The van der Waals surface area contributed by atoms with E-state index in [4.69, 9.17) is 18.9 Å². The Kier molecular flexibility index (Phi) is 4.54. The van der Waals surface area contributed by atoms with Gasteiger partial charge in [0.05, 0.1) is 26.4 Å². The number of carbonyl (C=O) groups is 1. The molecular formula is C19H19NO5. The molecule has 0 aliphatic carbocycles. The smallest absolute Gasteiger partial charge is 0.258 e. The first-order valence-electron chi connectivity index (χ1n) is 8.25. The van der Waals surface area contributed by atoms with E-state index in [1.54, 1.807) is 4.90 Å². The second-order valence-corrected chi connectivity index (χ2v) is 5.88. The van der Waals surface area contributed by atoms with E-state index in [-0.39, 0.29) is 19.3 Å². The molecule has 0 radical (unpaired) electrons. The van der Waals surface area contributed by atoms with Crippen LogP contribution in [0, 0.1) is 0 Å². The number of carbonyl (C=O) groups excluding carboxylic acids is 1. The highest BCUT2D eigenvalue weighted by molar-refractivity contribution is 5.96.